The molecule has 3 aromatic rings. The Morgan fingerprint density at radius 1 is 0.741 bits per heavy atom. The number of benzene rings is 3. The van der Waals surface area contributed by atoms with Crippen molar-refractivity contribution >= 4 is 23.2 Å². The van der Waals surface area contributed by atoms with Gasteiger partial charge in [0.1, 0.15) is 5.75 Å². The van der Waals surface area contributed by atoms with Crippen molar-refractivity contribution in [2.45, 2.75) is 6.92 Å². The summed E-state index contributed by atoms with van der Waals surface area (Å²) >= 11 is 0. The van der Waals surface area contributed by atoms with Crippen LogP contribution in [0.2, 0.25) is 0 Å². The van der Waals surface area contributed by atoms with E-state index in [1.54, 1.807) is 49.6 Å². The molecule has 0 aromatic heterocycles. The summed E-state index contributed by atoms with van der Waals surface area (Å²) < 4.78 is 5.33. The van der Waals surface area contributed by atoms with Gasteiger partial charge in [0.2, 0.25) is 0 Å². The molecule has 0 atom stereocenters. The summed E-state index contributed by atoms with van der Waals surface area (Å²) in [7, 11) is 1.54. The molecule has 2 amide bonds. The molecule has 0 heterocycles. The lowest BCUT2D eigenvalue weighted by atomic mass is 10.1. The molecule has 0 bridgehead atoms. The third-order valence-electron chi connectivity index (χ3n) is 4.10. The van der Waals surface area contributed by atoms with Gasteiger partial charge in [-0.3, -0.25) is 9.59 Å². The third-order valence-corrected chi connectivity index (χ3v) is 4.10. The van der Waals surface area contributed by atoms with E-state index in [1.165, 1.54) is 0 Å². The Balaban J connectivity index is 1.68. The van der Waals surface area contributed by atoms with Gasteiger partial charge in [0, 0.05) is 16.9 Å². The van der Waals surface area contributed by atoms with Gasteiger partial charge in [-0.15, -0.1) is 0 Å². The van der Waals surface area contributed by atoms with Crippen molar-refractivity contribution in [3.05, 3.63) is 89.5 Å². The summed E-state index contributed by atoms with van der Waals surface area (Å²) in [5, 5.41) is 5.67. The van der Waals surface area contributed by atoms with Gasteiger partial charge >= 0.3 is 0 Å². The normalized spacial score (nSPS) is 10.1. The van der Waals surface area contributed by atoms with Gasteiger partial charge in [0.05, 0.1) is 12.7 Å². The molecule has 3 aromatic carbocycles. The van der Waals surface area contributed by atoms with Crippen molar-refractivity contribution in [3.63, 3.8) is 0 Å². The van der Waals surface area contributed by atoms with E-state index in [4.69, 9.17) is 4.74 Å². The third kappa shape index (κ3) is 4.33. The highest BCUT2D eigenvalue weighted by atomic mass is 16.5. The van der Waals surface area contributed by atoms with Crippen molar-refractivity contribution < 1.29 is 14.3 Å². The monoisotopic (exact) mass is 360 g/mol. The molecule has 0 spiro atoms. The van der Waals surface area contributed by atoms with Crippen LogP contribution in [0.5, 0.6) is 5.75 Å². The smallest absolute Gasteiger partial charge is 0.259 e. The van der Waals surface area contributed by atoms with Crippen molar-refractivity contribution in [1.82, 2.24) is 0 Å². The lowest BCUT2D eigenvalue weighted by Gasteiger charge is -2.12. The fourth-order valence-electron chi connectivity index (χ4n) is 2.73. The van der Waals surface area contributed by atoms with E-state index in [0.29, 0.717) is 28.3 Å². The van der Waals surface area contributed by atoms with E-state index in [-0.39, 0.29) is 11.8 Å². The second-order valence-corrected chi connectivity index (χ2v) is 6.01. The van der Waals surface area contributed by atoms with Crippen LogP contribution in [0.3, 0.4) is 0 Å². The summed E-state index contributed by atoms with van der Waals surface area (Å²) in [5.74, 6) is 0.121. The second kappa shape index (κ2) is 8.19. The highest BCUT2D eigenvalue weighted by Crippen LogP contribution is 2.24. The first-order valence-corrected chi connectivity index (χ1v) is 8.50. The number of ether oxygens (including phenoxy) is 1. The standard InChI is InChI=1S/C22H20N2O3/c1-15-7-6-10-19(20(15)27-2)22(26)24-18-13-11-17(12-14-18)23-21(25)16-8-4-3-5-9-16/h3-14H,1-2H3,(H,23,25)(H,24,26). The van der Waals surface area contributed by atoms with Gasteiger partial charge < -0.3 is 15.4 Å². The van der Waals surface area contributed by atoms with Crippen LogP contribution in [-0.4, -0.2) is 18.9 Å². The minimum atomic E-state index is -0.253. The lowest BCUT2D eigenvalue weighted by Crippen LogP contribution is -2.14. The first-order valence-electron chi connectivity index (χ1n) is 8.50. The van der Waals surface area contributed by atoms with Crippen LogP contribution < -0.4 is 15.4 Å². The maximum atomic E-state index is 12.5. The highest BCUT2D eigenvalue weighted by molar-refractivity contribution is 6.07. The minimum Gasteiger partial charge on any atom is -0.496 e. The number of para-hydroxylation sites is 1. The molecule has 136 valence electrons. The predicted octanol–water partition coefficient (Wildman–Crippen LogP) is 4.51. The molecule has 0 saturated carbocycles. The predicted molar refractivity (Wildman–Crippen MR) is 107 cm³/mol. The summed E-state index contributed by atoms with van der Waals surface area (Å²) in [6.45, 7) is 1.89. The van der Waals surface area contributed by atoms with E-state index in [0.717, 1.165) is 5.56 Å². The maximum Gasteiger partial charge on any atom is 0.259 e. The van der Waals surface area contributed by atoms with E-state index in [1.807, 2.05) is 37.3 Å². The van der Waals surface area contributed by atoms with E-state index in [9.17, 15) is 9.59 Å². The molecule has 0 aliphatic carbocycles. The number of hydrogen-bond acceptors (Lipinski definition) is 3. The Morgan fingerprint density at radius 3 is 1.93 bits per heavy atom. The Labute approximate surface area is 158 Å². The highest BCUT2D eigenvalue weighted by Gasteiger charge is 2.14. The van der Waals surface area contributed by atoms with E-state index in [2.05, 4.69) is 10.6 Å². The maximum absolute atomic E-state index is 12.5. The molecular weight excluding hydrogens is 340 g/mol. The zero-order valence-electron chi connectivity index (χ0n) is 15.2. The SMILES string of the molecule is COc1c(C)cccc1C(=O)Nc1ccc(NC(=O)c2ccccc2)cc1. The number of aryl methyl sites for hydroxylation is 1. The summed E-state index contributed by atoms with van der Waals surface area (Å²) in [6.07, 6.45) is 0. The Bertz CT molecular complexity index is 951. The number of rotatable bonds is 5. The van der Waals surface area contributed by atoms with E-state index >= 15 is 0 Å². The van der Waals surface area contributed by atoms with Gasteiger partial charge in [-0.1, -0.05) is 30.3 Å². The number of methoxy groups -OCH3 is 1. The number of carbonyl (C=O) groups excluding carboxylic acids is 2. The van der Waals surface area contributed by atoms with Crippen LogP contribution in [0, 0.1) is 6.92 Å². The first kappa shape index (κ1) is 18.2. The molecular formula is C22H20N2O3. The van der Waals surface area contributed by atoms with Crippen molar-refractivity contribution in [3.8, 4) is 5.75 Å². The molecule has 0 radical (unpaired) electrons. The number of hydrogen-bond donors (Lipinski definition) is 2. The van der Waals surface area contributed by atoms with Gasteiger partial charge in [0.25, 0.3) is 11.8 Å². The average Bonchev–Trinajstić information content (AvgIpc) is 2.70. The Morgan fingerprint density at radius 2 is 1.33 bits per heavy atom. The van der Waals surface area contributed by atoms with Gasteiger partial charge in [-0.25, -0.2) is 0 Å². The van der Waals surface area contributed by atoms with Crippen LogP contribution in [0.15, 0.2) is 72.8 Å². The van der Waals surface area contributed by atoms with E-state index < -0.39 is 0 Å². The zero-order valence-corrected chi connectivity index (χ0v) is 15.2. The Hall–Kier alpha value is -3.60. The molecule has 0 unspecified atom stereocenters. The fourth-order valence-corrected chi connectivity index (χ4v) is 2.73. The summed E-state index contributed by atoms with van der Waals surface area (Å²) in [6, 6.07) is 21.4. The van der Waals surface area contributed by atoms with Crippen molar-refractivity contribution in [1.29, 1.82) is 0 Å². The van der Waals surface area contributed by atoms with Crippen LogP contribution in [0.4, 0.5) is 11.4 Å². The fraction of sp³-hybridized carbons (Fsp3) is 0.0909. The summed E-state index contributed by atoms with van der Waals surface area (Å²) in [5.41, 5.74) is 3.22. The quantitative estimate of drug-likeness (QED) is 0.703. The van der Waals surface area contributed by atoms with Crippen molar-refractivity contribution in [2.75, 3.05) is 17.7 Å². The molecule has 0 aliphatic heterocycles. The molecule has 5 nitrogen and oxygen atoms in total. The van der Waals surface area contributed by atoms with Crippen LogP contribution >= 0.6 is 0 Å². The van der Waals surface area contributed by atoms with Gasteiger partial charge in [0.15, 0.2) is 0 Å². The van der Waals surface area contributed by atoms with Crippen molar-refractivity contribution in [2.24, 2.45) is 0 Å². The molecule has 5 heteroatoms. The van der Waals surface area contributed by atoms with Crippen LogP contribution in [-0.2, 0) is 0 Å². The molecule has 3 rings (SSSR count). The first-order chi connectivity index (χ1) is 13.1. The Kier molecular flexibility index (Phi) is 5.52. The molecule has 0 fully saturated rings. The number of nitrogens with one attached hydrogen (secondary N) is 2. The minimum absolute atomic E-state index is 0.183. The second-order valence-electron chi connectivity index (χ2n) is 6.01. The molecule has 0 aliphatic rings. The van der Waals surface area contributed by atoms with Crippen LogP contribution in [0.1, 0.15) is 26.3 Å². The number of anilines is 2. The zero-order chi connectivity index (χ0) is 19.2. The lowest BCUT2D eigenvalue weighted by molar-refractivity contribution is 0.101. The molecule has 0 saturated heterocycles. The largest absolute Gasteiger partial charge is 0.496 e. The summed E-state index contributed by atoms with van der Waals surface area (Å²) in [4.78, 5) is 24.7. The van der Waals surface area contributed by atoms with Gasteiger partial charge in [-0.05, 0) is 55.0 Å². The topological polar surface area (TPSA) is 67.4 Å². The number of amides is 2. The number of carbonyl (C=O) groups is 2. The molecule has 2 N–H and O–H groups in total. The average molecular weight is 360 g/mol. The van der Waals surface area contributed by atoms with Crippen LogP contribution in [0.25, 0.3) is 0 Å². The molecule has 27 heavy (non-hydrogen) atoms. The van der Waals surface area contributed by atoms with Gasteiger partial charge in [-0.2, -0.15) is 0 Å².